The molecule has 1 N–H and O–H groups in total. The van der Waals surface area contributed by atoms with Gasteiger partial charge in [0.1, 0.15) is 5.75 Å². The van der Waals surface area contributed by atoms with Crippen LogP contribution in [-0.2, 0) is 23.2 Å². The van der Waals surface area contributed by atoms with Gasteiger partial charge in [0.2, 0.25) is 0 Å². The van der Waals surface area contributed by atoms with E-state index < -0.39 is 5.97 Å². The Labute approximate surface area is 178 Å². The lowest BCUT2D eigenvalue weighted by Gasteiger charge is -2.19. The minimum Gasteiger partial charge on any atom is -0.481 e. The molecule has 0 saturated carbocycles. The van der Waals surface area contributed by atoms with Crippen LogP contribution in [0.4, 0.5) is 0 Å². The maximum atomic E-state index is 11.1. The highest BCUT2D eigenvalue weighted by Gasteiger charge is 2.24. The van der Waals surface area contributed by atoms with Crippen LogP contribution in [0.1, 0.15) is 50.2 Å². The van der Waals surface area contributed by atoms with E-state index in [-0.39, 0.29) is 6.61 Å². The van der Waals surface area contributed by atoms with Crippen LogP contribution in [0.15, 0.2) is 42.5 Å². The third kappa shape index (κ3) is 4.36. The lowest BCUT2D eigenvalue weighted by molar-refractivity contribution is -0.139. The number of ether oxygens (including phenoxy) is 2. The van der Waals surface area contributed by atoms with Crippen LogP contribution in [-0.4, -0.2) is 29.4 Å². The molecule has 1 aromatic heterocycles. The number of aliphatic carboxylic acids is 1. The largest absolute Gasteiger partial charge is 0.481 e. The van der Waals surface area contributed by atoms with E-state index in [9.17, 15) is 4.79 Å². The number of aromatic nitrogens is 1. The second kappa shape index (κ2) is 9.81. The van der Waals surface area contributed by atoms with Crippen LogP contribution >= 0.6 is 0 Å². The van der Waals surface area contributed by atoms with Crippen molar-refractivity contribution >= 4 is 16.9 Å². The van der Waals surface area contributed by atoms with Crippen molar-refractivity contribution in [3.05, 3.63) is 53.6 Å². The summed E-state index contributed by atoms with van der Waals surface area (Å²) in [5.41, 5.74) is 5.61. The highest BCUT2D eigenvalue weighted by molar-refractivity contribution is 5.94. The summed E-state index contributed by atoms with van der Waals surface area (Å²) >= 11 is 0. The van der Waals surface area contributed by atoms with Gasteiger partial charge >= 0.3 is 5.97 Å². The summed E-state index contributed by atoms with van der Waals surface area (Å²) in [6.07, 6.45) is 3.24. The first-order valence-electron chi connectivity index (χ1n) is 10.6. The van der Waals surface area contributed by atoms with Gasteiger partial charge in [-0.25, -0.2) is 4.79 Å². The molecule has 1 unspecified atom stereocenters. The van der Waals surface area contributed by atoms with Gasteiger partial charge in [0.05, 0.1) is 12.3 Å². The van der Waals surface area contributed by atoms with Gasteiger partial charge in [0.25, 0.3) is 0 Å². The zero-order valence-electron chi connectivity index (χ0n) is 18.3. The predicted octanol–water partition coefficient (Wildman–Crippen LogP) is 5.75. The van der Waals surface area contributed by atoms with Crippen LogP contribution in [0.5, 0.6) is 5.75 Å². The van der Waals surface area contributed by atoms with Crippen molar-refractivity contribution in [2.75, 3.05) is 13.7 Å². The molecule has 1 atom stereocenters. The van der Waals surface area contributed by atoms with Crippen molar-refractivity contribution in [3.8, 4) is 17.0 Å². The van der Waals surface area contributed by atoms with Crippen LogP contribution in [0.3, 0.4) is 0 Å². The molecular formula is C25H31NO4. The fourth-order valence-electron chi connectivity index (χ4n) is 4.34. The summed E-state index contributed by atoms with van der Waals surface area (Å²) < 4.78 is 13.2. The average Bonchev–Trinajstić information content (AvgIpc) is 3.02. The van der Waals surface area contributed by atoms with E-state index in [0.29, 0.717) is 18.3 Å². The summed E-state index contributed by atoms with van der Waals surface area (Å²) in [6.45, 7) is 4.65. The Balaban J connectivity index is 2.27. The number of para-hydroxylation sites is 1. The third-order valence-electron chi connectivity index (χ3n) is 5.65. The molecule has 5 nitrogen and oxygen atoms in total. The van der Waals surface area contributed by atoms with Crippen LogP contribution in [0, 0.1) is 0 Å². The quantitative estimate of drug-likeness (QED) is 0.463. The molecule has 0 aliphatic heterocycles. The molecule has 30 heavy (non-hydrogen) atoms. The summed E-state index contributed by atoms with van der Waals surface area (Å²) in [6, 6.07) is 14.2. The Hall–Kier alpha value is -2.79. The molecule has 160 valence electrons. The molecule has 3 rings (SSSR count). The Morgan fingerprint density at radius 3 is 2.60 bits per heavy atom. The van der Waals surface area contributed by atoms with Gasteiger partial charge in [-0.1, -0.05) is 44.5 Å². The van der Waals surface area contributed by atoms with Gasteiger partial charge in [-0.15, -0.1) is 0 Å². The molecule has 0 bridgehead atoms. The molecule has 0 aliphatic rings. The van der Waals surface area contributed by atoms with Crippen molar-refractivity contribution in [2.45, 2.75) is 45.6 Å². The Morgan fingerprint density at radius 2 is 1.93 bits per heavy atom. The standard InChI is InChI=1S/C25H31NO4/c1-5-9-18(6-2)24-19-13-12-17(15-29-4)14-21(19)26(3)25(24)20-10-7-8-11-22(20)30-16-23(27)28/h7-8,10-14,18H,5-6,9,15-16H2,1-4H3,(H,27,28). The molecule has 0 saturated heterocycles. The number of methoxy groups -OCH3 is 1. The van der Waals surface area contributed by atoms with Crippen molar-refractivity contribution in [2.24, 2.45) is 7.05 Å². The first kappa shape index (κ1) is 21.9. The molecule has 0 aliphatic carbocycles. The van der Waals surface area contributed by atoms with E-state index in [0.717, 1.165) is 41.6 Å². The van der Waals surface area contributed by atoms with Crippen molar-refractivity contribution in [1.82, 2.24) is 4.57 Å². The number of benzene rings is 2. The maximum absolute atomic E-state index is 11.1. The van der Waals surface area contributed by atoms with Gasteiger partial charge < -0.3 is 19.1 Å². The summed E-state index contributed by atoms with van der Waals surface area (Å²) in [7, 11) is 3.78. The lowest BCUT2D eigenvalue weighted by atomic mass is 9.87. The summed E-state index contributed by atoms with van der Waals surface area (Å²) in [5.74, 6) is 0.0220. The molecule has 0 fully saturated rings. The SMILES string of the molecule is CCCC(CC)c1c(-c2ccccc2OCC(=O)O)n(C)c2cc(COC)ccc12. The van der Waals surface area contributed by atoms with Gasteiger partial charge in [-0.05, 0) is 48.1 Å². The zero-order chi connectivity index (χ0) is 21.7. The number of rotatable bonds is 10. The number of hydrogen-bond acceptors (Lipinski definition) is 3. The van der Waals surface area contributed by atoms with E-state index in [1.54, 1.807) is 7.11 Å². The first-order chi connectivity index (χ1) is 14.5. The normalized spacial score (nSPS) is 12.3. The van der Waals surface area contributed by atoms with Gasteiger partial charge in [0.15, 0.2) is 6.61 Å². The highest BCUT2D eigenvalue weighted by atomic mass is 16.5. The monoisotopic (exact) mass is 409 g/mol. The summed E-state index contributed by atoms with van der Waals surface area (Å²) in [5, 5.41) is 10.3. The molecule has 0 spiro atoms. The Kier molecular flexibility index (Phi) is 7.16. The smallest absolute Gasteiger partial charge is 0.341 e. The second-order valence-corrected chi connectivity index (χ2v) is 7.68. The molecule has 1 heterocycles. The van der Waals surface area contributed by atoms with E-state index >= 15 is 0 Å². The Bertz CT molecular complexity index is 1020. The van der Waals surface area contributed by atoms with E-state index in [1.807, 2.05) is 24.3 Å². The maximum Gasteiger partial charge on any atom is 0.341 e. The highest BCUT2D eigenvalue weighted by Crippen LogP contribution is 2.43. The minimum atomic E-state index is -0.983. The minimum absolute atomic E-state index is 0.361. The van der Waals surface area contributed by atoms with E-state index in [1.165, 1.54) is 10.9 Å². The van der Waals surface area contributed by atoms with Crippen molar-refractivity contribution < 1.29 is 19.4 Å². The number of fused-ring (bicyclic) bond motifs is 1. The fraction of sp³-hybridized carbons (Fsp3) is 0.400. The van der Waals surface area contributed by atoms with Gasteiger partial charge in [-0.2, -0.15) is 0 Å². The number of carboxylic acids is 1. The van der Waals surface area contributed by atoms with Crippen LogP contribution < -0.4 is 4.74 Å². The molecule has 5 heteroatoms. The molecule has 3 aromatic rings. The van der Waals surface area contributed by atoms with E-state index in [4.69, 9.17) is 14.6 Å². The van der Waals surface area contributed by atoms with Crippen molar-refractivity contribution in [1.29, 1.82) is 0 Å². The number of hydrogen-bond donors (Lipinski definition) is 1. The number of aryl methyl sites for hydroxylation is 1. The molecule has 2 aromatic carbocycles. The average molecular weight is 410 g/mol. The molecular weight excluding hydrogens is 378 g/mol. The predicted molar refractivity (Wildman–Crippen MR) is 120 cm³/mol. The van der Waals surface area contributed by atoms with E-state index in [2.05, 4.69) is 43.7 Å². The lowest BCUT2D eigenvalue weighted by Crippen LogP contribution is -2.10. The number of nitrogens with zero attached hydrogens (tertiary/aromatic N) is 1. The molecule has 0 amide bonds. The molecule has 0 radical (unpaired) electrons. The third-order valence-corrected chi connectivity index (χ3v) is 5.65. The number of carboxylic acid groups (broad SMARTS) is 1. The number of carbonyl (C=O) groups is 1. The van der Waals surface area contributed by atoms with Crippen LogP contribution in [0.2, 0.25) is 0 Å². The fourth-order valence-corrected chi connectivity index (χ4v) is 4.34. The van der Waals surface area contributed by atoms with Crippen molar-refractivity contribution in [3.63, 3.8) is 0 Å². The first-order valence-corrected chi connectivity index (χ1v) is 10.6. The van der Waals surface area contributed by atoms with Gasteiger partial charge in [-0.3, -0.25) is 0 Å². The topological polar surface area (TPSA) is 60.7 Å². The van der Waals surface area contributed by atoms with Crippen LogP contribution in [0.25, 0.3) is 22.2 Å². The Morgan fingerprint density at radius 1 is 1.17 bits per heavy atom. The second-order valence-electron chi connectivity index (χ2n) is 7.68. The summed E-state index contributed by atoms with van der Waals surface area (Å²) in [4.78, 5) is 11.1. The zero-order valence-corrected chi connectivity index (χ0v) is 18.3. The van der Waals surface area contributed by atoms with Gasteiger partial charge in [0, 0.05) is 30.6 Å².